The van der Waals surface area contributed by atoms with Crippen molar-refractivity contribution in [1.29, 1.82) is 0 Å². The van der Waals surface area contributed by atoms with E-state index in [-0.39, 0.29) is 60.1 Å². The summed E-state index contributed by atoms with van der Waals surface area (Å²) < 4.78 is 28.7. The molecular weight excluding hydrogens is 791 g/mol. The fourth-order valence-electron chi connectivity index (χ4n) is 6.45. The van der Waals surface area contributed by atoms with Crippen LogP contribution < -0.4 is 31.4 Å². The zero-order valence-electron chi connectivity index (χ0n) is 30.6. The Labute approximate surface area is 334 Å². The number of hydrogen-bond acceptors (Lipinski definition) is 11. The lowest BCUT2D eigenvalue weighted by Crippen LogP contribution is -2.58. The molecule has 2 aromatic rings. The fourth-order valence-corrected chi connectivity index (χ4v) is 8.18. The standard InChI is InChI=1S/C36H44Cl2N8O9S/c1-21-11-12-22(43-30(49)20-45-36(53)32(38)24(37)19-41-45)18-27(21)56(54,55)42-17-6-5-16-40-28(47)10-3-2-4-15-39-25-9-7-8-23-31(25)35(52)46(34(23)51)26-13-14-29(48)44-33(26)50/h7-9,11-12,18,24,26,32,39,41-42H,2-6,10,13-17,19-20H2,1H3,(H,40,47)(H,43,49)(H,44,48,50)/t24?,26-,32?/m1/s1. The summed E-state index contributed by atoms with van der Waals surface area (Å²) in [5, 5.41) is 10.3. The van der Waals surface area contributed by atoms with Gasteiger partial charge >= 0.3 is 0 Å². The molecule has 7 amide bonds. The second kappa shape index (κ2) is 19.0. The highest BCUT2D eigenvalue weighted by molar-refractivity contribution is 7.89. The van der Waals surface area contributed by atoms with E-state index in [0.717, 1.165) is 16.3 Å². The van der Waals surface area contributed by atoms with Crippen LogP contribution in [-0.4, -0.2) is 109 Å². The quantitative estimate of drug-likeness (QED) is 0.0720. The van der Waals surface area contributed by atoms with Crippen molar-refractivity contribution < 1.29 is 42.0 Å². The molecule has 0 saturated carbocycles. The van der Waals surface area contributed by atoms with Crippen molar-refractivity contribution in [3.05, 3.63) is 53.1 Å². The van der Waals surface area contributed by atoms with E-state index in [0.29, 0.717) is 56.4 Å². The SMILES string of the molecule is Cc1ccc(NC(=O)CN2NCC(Cl)C(Cl)C2=O)cc1S(=O)(=O)NCCCCNC(=O)CCCCCNc1cccc2c1C(=O)N([C@@H]1CCC(=O)NC1=O)C2=O. The van der Waals surface area contributed by atoms with Crippen molar-refractivity contribution in [2.75, 3.05) is 43.4 Å². The van der Waals surface area contributed by atoms with E-state index in [1.807, 2.05) is 0 Å². The average Bonchev–Trinajstić information content (AvgIpc) is 3.41. The molecule has 0 aromatic heterocycles. The van der Waals surface area contributed by atoms with Crippen molar-refractivity contribution in [1.82, 2.24) is 30.7 Å². The van der Waals surface area contributed by atoms with Gasteiger partial charge in [0, 0.05) is 50.4 Å². The van der Waals surface area contributed by atoms with Crippen LogP contribution in [0, 0.1) is 6.92 Å². The predicted octanol–water partition coefficient (Wildman–Crippen LogP) is 1.74. The Hall–Kier alpha value is -4.62. The average molecular weight is 836 g/mol. The molecule has 2 unspecified atom stereocenters. The van der Waals surface area contributed by atoms with Gasteiger partial charge in [-0.05, 0) is 68.9 Å². The summed E-state index contributed by atoms with van der Waals surface area (Å²) in [6, 6.07) is 8.29. The Morgan fingerprint density at radius 1 is 0.911 bits per heavy atom. The molecule has 6 N–H and O–H groups in total. The van der Waals surface area contributed by atoms with Gasteiger partial charge in [-0.15, -0.1) is 23.2 Å². The number of imide groups is 2. The fraction of sp³-hybridized carbons (Fsp3) is 0.472. The number of unbranched alkanes of at least 4 members (excludes halogenated alkanes) is 3. The molecule has 0 radical (unpaired) electrons. The summed E-state index contributed by atoms with van der Waals surface area (Å²) in [5.74, 6) is -3.49. The molecule has 56 heavy (non-hydrogen) atoms. The number of carbonyl (C=O) groups excluding carboxylic acids is 7. The lowest BCUT2D eigenvalue weighted by atomic mass is 10.0. The third kappa shape index (κ3) is 10.4. The summed E-state index contributed by atoms with van der Waals surface area (Å²) in [7, 11) is -3.92. The molecule has 3 heterocycles. The molecule has 3 aliphatic rings. The van der Waals surface area contributed by atoms with E-state index in [2.05, 4.69) is 31.4 Å². The number of carbonyl (C=O) groups is 7. The van der Waals surface area contributed by atoms with Gasteiger partial charge in [0.25, 0.3) is 17.7 Å². The molecule has 2 fully saturated rings. The first-order chi connectivity index (χ1) is 26.7. The van der Waals surface area contributed by atoms with Crippen LogP contribution in [-0.2, 0) is 34.0 Å². The van der Waals surface area contributed by atoms with Crippen LogP contribution in [0.3, 0.4) is 0 Å². The van der Waals surface area contributed by atoms with Crippen LogP contribution in [0.5, 0.6) is 0 Å². The van der Waals surface area contributed by atoms with Gasteiger partial charge in [-0.25, -0.2) is 18.6 Å². The number of anilines is 2. The summed E-state index contributed by atoms with van der Waals surface area (Å²) in [6.07, 6.45) is 3.44. The van der Waals surface area contributed by atoms with Gasteiger partial charge in [0.1, 0.15) is 18.0 Å². The molecule has 3 atom stereocenters. The Balaban J connectivity index is 0.955. The predicted molar refractivity (Wildman–Crippen MR) is 206 cm³/mol. The Bertz CT molecular complexity index is 2000. The summed E-state index contributed by atoms with van der Waals surface area (Å²) in [5.41, 5.74) is 4.30. The maximum atomic E-state index is 13.2. The minimum atomic E-state index is -3.92. The van der Waals surface area contributed by atoms with E-state index in [1.54, 1.807) is 31.2 Å². The maximum absolute atomic E-state index is 13.2. The van der Waals surface area contributed by atoms with Crippen molar-refractivity contribution in [3.63, 3.8) is 0 Å². The first-order valence-electron chi connectivity index (χ1n) is 18.3. The first-order valence-corrected chi connectivity index (χ1v) is 20.6. The van der Waals surface area contributed by atoms with Crippen molar-refractivity contribution in [3.8, 4) is 0 Å². The highest BCUT2D eigenvalue weighted by Crippen LogP contribution is 2.32. The summed E-state index contributed by atoms with van der Waals surface area (Å²) in [6.45, 7) is 2.46. The lowest BCUT2D eigenvalue weighted by molar-refractivity contribution is -0.139. The highest BCUT2D eigenvalue weighted by atomic mass is 35.5. The largest absolute Gasteiger partial charge is 0.384 e. The van der Waals surface area contributed by atoms with Crippen LogP contribution in [0.25, 0.3) is 0 Å². The van der Waals surface area contributed by atoms with Crippen LogP contribution >= 0.6 is 23.2 Å². The zero-order valence-corrected chi connectivity index (χ0v) is 32.9. The maximum Gasteiger partial charge on any atom is 0.264 e. The number of benzene rings is 2. The van der Waals surface area contributed by atoms with Crippen molar-refractivity contribution in [2.24, 2.45) is 0 Å². The molecule has 0 bridgehead atoms. The number of hydrazine groups is 1. The number of nitrogens with one attached hydrogen (secondary N) is 6. The Morgan fingerprint density at radius 3 is 2.43 bits per heavy atom. The number of hydrogen-bond donors (Lipinski definition) is 6. The normalized spacial score (nSPS) is 19.8. The first kappa shape index (κ1) is 42.5. The minimum absolute atomic E-state index is 0.00975. The number of sulfonamides is 1. The van der Waals surface area contributed by atoms with E-state index < -0.39 is 62.3 Å². The molecule has 2 aromatic carbocycles. The summed E-state index contributed by atoms with van der Waals surface area (Å²) >= 11 is 12.0. The number of piperidine rings is 1. The number of alkyl halides is 2. The number of aryl methyl sites for hydroxylation is 1. The molecule has 302 valence electrons. The van der Waals surface area contributed by atoms with E-state index in [9.17, 15) is 42.0 Å². The van der Waals surface area contributed by atoms with Gasteiger partial charge in [0.2, 0.25) is 33.7 Å². The molecule has 0 aliphatic carbocycles. The van der Waals surface area contributed by atoms with Gasteiger partial charge in [-0.3, -0.25) is 48.8 Å². The van der Waals surface area contributed by atoms with E-state index >= 15 is 0 Å². The number of rotatable bonds is 18. The second-order valence-electron chi connectivity index (χ2n) is 13.6. The Morgan fingerprint density at radius 2 is 1.66 bits per heavy atom. The lowest BCUT2D eigenvalue weighted by Gasteiger charge is -2.32. The van der Waals surface area contributed by atoms with Crippen LogP contribution in [0.2, 0.25) is 0 Å². The van der Waals surface area contributed by atoms with Crippen LogP contribution in [0.4, 0.5) is 11.4 Å². The smallest absolute Gasteiger partial charge is 0.264 e. The van der Waals surface area contributed by atoms with Crippen molar-refractivity contribution in [2.45, 2.75) is 80.0 Å². The van der Waals surface area contributed by atoms with Gasteiger partial charge in [0.15, 0.2) is 0 Å². The van der Waals surface area contributed by atoms with E-state index in [4.69, 9.17) is 23.2 Å². The topological polar surface area (TPSA) is 232 Å². The zero-order chi connectivity index (χ0) is 40.6. The highest BCUT2D eigenvalue weighted by Gasteiger charge is 2.45. The number of fused-ring (bicyclic) bond motifs is 1. The monoisotopic (exact) mass is 834 g/mol. The van der Waals surface area contributed by atoms with Gasteiger partial charge in [-0.1, -0.05) is 18.6 Å². The Kier molecular flexibility index (Phi) is 14.4. The number of halogens is 2. The molecule has 5 rings (SSSR count). The molecule has 3 aliphatic heterocycles. The van der Waals surface area contributed by atoms with Gasteiger partial charge in [-0.2, -0.15) is 0 Å². The van der Waals surface area contributed by atoms with Crippen LogP contribution in [0.1, 0.15) is 77.6 Å². The second-order valence-corrected chi connectivity index (χ2v) is 16.4. The van der Waals surface area contributed by atoms with E-state index in [1.165, 1.54) is 12.1 Å². The molecule has 2 saturated heterocycles. The van der Waals surface area contributed by atoms with Gasteiger partial charge < -0.3 is 16.0 Å². The molecular formula is C36H44Cl2N8O9S. The third-order valence-electron chi connectivity index (χ3n) is 9.44. The van der Waals surface area contributed by atoms with Crippen LogP contribution in [0.15, 0.2) is 41.3 Å². The number of nitrogens with zero attached hydrogens (tertiary/aromatic N) is 2. The third-order valence-corrected chi connectivity index (χ3v) is 12.1. The number of amides is 7. The molecule has 20 heteroatoms. The summed E-state index contributed by atoms with van der Waals surface area (Å²) in [4.78, 5) is 88.3. The van der Waals surface area contributed by atoms with Crippen molar-refractivity contribution >= 4 is 86.0 Å². The van der Waals surface area contributed by atoms with Gasteiger partial charge in [0.05, 0.1) is 21.4 Å². The molecule has 0 spiro atoms. The minimum Gasteiger partial charge on any atom is -0.384 e. The molecule has 17 nitrogen and oxygen atoms in total.